The average molecular weight is 352 g/mol. The van der Waals surface area contributed by atoms with Crippen LogP contribution in [0.1, 0.15) is 25.7 Å². The van der Waals surface area contributed by atoms with E-state index in [1.54, 1.807) is 0 Å². The van der Waals surface area contributed by atoms with Crippen LogP contribution < -0.4 is 20.4 Å². The molecule has 0 N–H and O–H groups in total. The zero-order chi connectivity index (χ0) is 20.0. The molecule has 0 saturated carbocycles. The predicted molar refractivity (Wildman–Crippen MR) is 82.5 cm³/mol. The zero-order valence-corrected chi connectivity index (χ0v) is 13.7. The molecule has 0 spiro atoms. The molecule has 136 valence electrons. The molecule has 0 saturated heterocycles. The first-order valence-electron chi connectivity index (χ1n) is 6.31. The van der Waals surface area contributed by atoms with Crippen molar-refractivity contribution in [3.63, 3.8) is 0 Å². The quantitative estimate of drug-likeness (QED) is 0.427. The molecule has 0 atom stereocenters. The molecule has 0 rings (SSSR count). The molecular weight excluding hydrogens is 332 g/mol. The molecule has 0 fully saturated rings. The normalized spacial score (nSPS) is 7.04. The van der Waals surface area contributed by atoms with Gasteiger partial charge in [0, 0.05) is 49.6 Å². The van der Waals surface area contributed by atoms with Crippen LogP contribution in [0.25, 0.3) is 0 Å². The third-order valence-electron chi connectivity index (χ3n) is 1.24. The van der Waals surface area contributed by atoms with Crippen molar-refractivity contribution >= 4 is 23.9 Å². The van der Waals surface area contributed by atoms with E-state index >= 15 is 0 Å². The van der Waals surface area contributed by atoms with Gasteiger partial charge in [-0.25, -0.2) is 0 Å². The number of carbonyl (C=O) groups excluding carboxylic acids is 4. The van der Waals surface area contributed by atoms with E-state index in [1.807, 2.05) is 0 Å². The van der Waals surface area contributed by atoms with Crippen molar-refractivity contribution in [1.82, 2.24) is 0 Å². The van der Waals surface area contributed by atoms with Crippen molar-refractivity contribution in [2.75, 3.05) is 0 Å². The van der Waals surface area contributed by atoms with Gasteiger partial charge in [0.1, 0.15) is 0 Å². The first kappa shape index (κ1) is 33.4. The summed E-state index contributed by atoms with van der Waals surface area (Å²) in [5.41, 5.74) is 0. The van der Waals surface area contributed by atoms with E-state index in [1.165, 1.54) is 24.3 Å². The van der Waals surface area contributed by atoms with Crippen LogP contribution in [0.4, 0.5) is 0 Å². The molecule has 0 aliphatic heterocycles. The van der Waals surface area contributed by atoms with Crippen LogP contribution >= 0.6 is 0 Å². The van der Waals surface area contributed by atoms with Crippen LogP contribution in [0.3, 0.4) is 0 Å². The Hall–Kier alpha value is -3.16. The van der Waals surface area contributed by atoms with Gasteiger partial charge in [0.05, 0.1) is 0 Å². The van der Waals surface area contributed by atoms with E-state index < -0.39 is 23.9 Å². The standard InChI is InChI=1S/4C4H6O2.C/c4*1-2-3-4(5)6;/h4*2H,1,3H2,(H,5,6);/q;;;;+4/p-4. The summed E-state index contributed by atoms with van der Waals surface area (Å²) in [6, 6.07) is 0. The number of hydrogen-bond donors (Lipinski definition) is 0. The minimum Gasteiger partial charge on any atom is -0.550 e. The molecule has 0 radical (unpaired) electrons. The van der Waals surface area contributed by atoms with Gasteiger partial charge in [-0.15, -0.1) is 26.3 Å². The number of aliphatic carboxylic acids is 4. The Bertz CT molecular complexity index is 344. The molecule has 0 unspecified atom stereocenters. The Balaban J connectivity index is -0.0000000702. The summed E-state index contributed by atoms with van der Waals surface area (Å²) >= 11 is 0. The van der Waals surface area contributed by atoms with Crippen LogP contribution in [0.5, 0.6) is 0 Å². The largest absolute Gasteiger partial charge is 4.00 e. The Kier molecular flexibility index (Phi) is 38.7. The van der Waals surface area contributed by atoms with Gasteiger partial charge in [-0.2, -0.15) is 0 Å². The van der Waals surface area contributed by atoms with Crippen molar-refractivity contribution in [1.29, 1.82) is 0 Å². The van der Waals surface area contributed by atoms with Crippen LogP contribution in [-0.2, 0) is 19.2 Å². The smallest absolute Gasteiger partial charge is 0.550 e. The van der Waals surface area contributed by atoms with Gasteiger partial charge < -0.3 is 39.6 Å². The SMILES string of the molecule is C=CCC(=O)[O-].C=CCC(=O)[O-].C=CCC(=O)[O-].C=CCC(=O)[O-].[C+4]. The third kappa shape index (κ3) is 94.7. The summed E-state index contributed by atoms with van der Waals surface area (Å²) in [4.78, 5) is 37.7. The van der Waals surface area contributed by atoms with E-state index in [9.17, 15) is 39.6 Å². The molecule has 0 amide bonds. The number of carboxylic acids is 4. The van der Waals surface area contributed by atoms with Crippen LogP contribution in [-0.4, -0.2) is 23.9 Å². The Morgan fingerprint density at radius 1 is 0.520 bits per heavy atom. The molecule has 0 heterocycles. The fourth-order valence-electron chi connectivity index (χ4n) is 0.471. The fraction of sp³-hybridized carbons (Fsp3) is 0.235. The maximum Gasteiger partial charge on any atom is 4.00 e. The number of hydrogen-bond acceptors (Lipinski definition) is 8. The van der Waals surface area contributed by atoms with E-state index in [4.69, 9.17) is 0 Å². The molecule has 0 aromatic carbocycles. The second kappa shape index (κ2) is 28.9. The van der Waals surface area contributed by atoms with Crippen LogP contribution in [0, 0.1) is 7.43 Å². The molecule has 0 aliphatic carbocycles. The number of carbonyl (C=O) groups is 4. The molecule has 0 aromatic rings. The van der Waals surface area contributed by atoms with Gasteiger partial charge in [0.15, 0.2) is 0 Å². The first-order valence-corrected chi connectivity index (χ1v) is 6.31. The second-order valence-electron chi connectivity index (χ2n) is 3.46. The Morgan fingerprint density at radius 3 is 0.640 bits per heavy atom. The van der Waals surface area contributed by atoms with Crippen molar-refractivity contribution in [3.8, 4) is 0 Å². The monoisotopic (exact) mass is 352 g/mol. The minimum absolute atomic E-state index is 0. The van der Waals surface area contributed by atoms with Gasteiger partial charge in [-0.1, -0.05) is 24.3 Å². The van der Waals surface area contributed by atoms with Crippen molar-refractivity contribution in [3.05, 3.63) is 58.0 Å². The van der Waals surface area contributed by atoms with Crippen LogP contribution in [0.2, 0.25) is 0 Å². The summed E-state index contributed by atoms with van der Waals surface area (Å²) in [5, 5.41) is 37.7. The summed E-state index contributed by atoms with van der Waals surface area (Å²) < 4.78 is 0. The topological polar surface area (TPSA) is 161 Å². The summed E-state index contributed by atoms with van der Waals surface area (Å²) in [6.45, 7) is 12.7. The Morgan fingerprint density at radius 2 is 0.640 bits per heavy atom. The van der Waals surface area contributed by atoms with Gasteiger partial charge in [-0.3, -0.25) is 0 Å². The van der Waals surface area contributed by atoms with Crippen molar-refractivity contribution < 1.29 is 39.6 Å². The maximum absolute atomic E-state index is 9.42. The van der Waals surface area contributed by atoms with Crippen molar-refractivity contribution in [2.45, 2.75) is 25.7 Å². The van der Waals surface area contributed by atoms with E-state index in [0.717, 1.165) is 0 Å². The molecule has 8 nitrogen and oxygen atoms in total. The van der Waals surface area contributed by atoms with E-state index in [0.29, 0.717) is 0 Å². The third-order valence-corrected chi connectivity index (χ3v) is 1.24. The molecular formula is C17H20O8. The van der Waals surface area contributed by atoms with Gasteiger partial charge in [-0.05, 0) is 0 Å². The van der Waals surface area contributed by atoms with Crippen LogP contribution in [0.15, 0.2) is 50.6 Å². The number of rotatable bonds is 8. The molecule has 0 bridgehead atoms. The van der Waals surface area contributed by atoms with E-state index in [-0.39, 0.29) is 33.1 Å². The Labute approximate surface area is 148 Å². The second-order valence-corrected chi connectivity index (χ2v) is 3.46. The van der Waals surface area contributed by atoms with Crippen molar-refractivity contribution in [2.24, 2.45) is 0 Å². The van der Waals surface area contributed by atoms with Gasteiger partial charge in [0.2, 0.25) is 0 Å². The molecule has 0 aromatic heterocycles. The summed E-state index contributed by atoms with van der Waals surface area (Å²) in [7, 11) is 0. The first-order chi connectivity index (χ1) is 11.1. The average Bonchev–Trinajstić information content (AvgIpc) is 2.39. The number of carboxylic acid groups (broad SMARTS) is 4. The molecule has 0 aliphatic rings. The maximum atomic E-state index is 9.42. The predicted octanol–water partition coefficient (Wildman–Crippen LogP) is -2.67. The molecule has 25 heavy (non-hydrogen) atoms. The summed E-state index contributed by atoms with van der Waals surface area (Å²) in [6.07, 6.45) is 4.93. The van der Waals surface area contributed by atoms with E-state index in [2.05, 4.69) is 26.3 Å². The fourth-order valence-corrected chi connectivity index (χ4v) is 0.471. The zero-order valence-electron chi connectivity index (χ0n) is 13.7. The summed E-state index contributed by atoms with van der Waals surface area (Å²) in [5.74, 6) is -4.31. The molecule has 8 heteroatoms. The van der Waals surface area contributed by atoms with Gasteiger partial charge >= 0.3 is 7.43 Å². The minimum atomic E-state index is -1.08. The van der Waals surface area contributed by atoms with Gasteiger partial charge in [0.25, 0.3) is 0 Å².